The Bertz CT molecular complexity index is 397. The van der Waals surface area contributed by atoms with E-state index in [1.54, 1.807) is 0 Å². The van der Waals surface area contributed by atoms with Crippen LogP contribution in [-0.4, -0.2) is 18.0 Å². The van der Waals surface area contributed by atoms with Gasteiger partial charge in [0.1, 0.15) is 0 Å². The van der Waals surface area contributed by atoms with Gasteiger partial charge in [0, 0.05) is 10.5 Å². The van der Waals surface area contributed by atoms with Gasteiger partial charge >= 0.3 is 0 Å². The van der Waals surface area contributed by atoms with Crippen LogP contribution in [0.3, 0.4) is 0 Å². The molecule has 1 amide bonds. The van der Waals surface area contributed by atoms with Gasteiger partial charge in [0.05, 0.1) is 6.04 Å². The molecule has 0 aliphatic rings. The molecular formula is C15H24BrClN2O. The standard InChI is InChI=1S/C15H23BrN2O.ClH/c1-3-4-14(17)15(19)18-11(2)5-6-12-7-9-13(16)10-8-12;/h7-11,14H,3-6,17H2,1-2H3,(H,18,19);1H. The Labute approximate surface area is 136 Å². The molecular weight excluding hydrogens is 340 g/mol. The lowest BCUT2D eigenvalue weighted by atomic mass is 10.1. The van der Waals surface area contributed by atoms with Gasteiger partial charge in [-0.1, -0.05) is 41.4 Å². The third-order valence-electron chi connectivity index (χ3n) is 3.10. The van der Waals surface area contributed by atoms with Gasteiger partial charge in [0.25, 0.3) is 0 Å². The number of amides is 1. The molecule has 2 unspecified atom stereocenters. The van der Waals surface area contributed by atoms with Crippen LogP contribution in [0.1, 0.15) is 38.7 Å². The summed E-state index contributed by atoms with van der Waals surface area (Å²) >= 11 is 3.42. The Kier molecular flexibility index (Phi) is 9.90. The van der Waals surface area contributed by atoms with Crippen LogP contribution in [0.15, 0.2) is 28.7 Å². The van der Waals surface area contributed by atoms with Crippen molar-refractivity contribution in [3.63, 3.8) is 0 Å². The Hall–Kier alpha value is -0.580. The first-order valence-corrected chi connectivity index (χ1v) is 7.62. The Morgan fingerprint density at radius 1 is 1.30 bits per heavy atom. The van der Waals surface area contributed by atoms with Crippen LogP contribution < -0.4 is 11.1 Å². The number of benzene rings is 1. The minimum Gasteiger partial charge on any atom is -0.352 e. The van der Waals surface area contributed by atoms with E-state index in [2.05, 4.69) is 33.4 Å². The first-order valence-electron chi connectivity index (χ1n) is 6.83. The van der Waals surface area contributed by atoms with Crippen LogP contribution in [0.4, 0.5) is 0 Å². The minimum atomic E-state index is -0.375. The monoisotopic (exact) mass is 362 g/mol. The van der Waals surface area contributed by atoms with Crippen molar-refractivity contribution in [3.05, 3.63) is 34.3 Å². The van der Waals surface area contributed by atoms with Gasteiger partial charge in [-0.05, 0) is 43.9 Å². The molecule has 0 spiro atoms. The van der Waals surface area contributed by atoms with E-state index in [1.807, 2.05) is 26.0 Å². The molecule has 0 fully saturated rings. The van der Waals surface area contributed by atoms with Crippen molar-refractivity contribution in [2.75, 3.05) is 0 Å². The van der Waals surface area contributed by atoms with Crippen LogP contribution >= 0.6 is 28.3 Å². The number of hydrogen-bond donors (Lipinski definition) is 2. The van der Waals surface area contributed by atoms with E-state index in [1.165, 1.54) is 5.56 Å². The van der Waals surface area contributed by atoms with Crippen molar-refractivity contribution in [1.82, 2.24) is 5.32 Å². The maximum atomic E-state index is 11.8. The molecule has 3 nitrogen and oxygen atoms in total. The molecule has 5 heteroatoms. The van der Waals surface area contributed by atoms with E-state index in [-0.39, 0.29) is 30.4 Å². The fourth-order valence-corrected chi connectivity index (χ4v) is 2.16. The molecule has 0 bridgehead atoms. The SMILES string of the molecule is CCCC(N)C(=O)NC(C)CCc1ccc(Br)cc1.Cl. The molecule has 0 heterocycles. The van der Waals surface area contributed by atoms with Gasteiger partial charge in [-0.25, -0.2) is 0 Å². The molecule has 0 aliphatic carbocycles. The summed E-state index contributed by atoms with van der Waals surface area (Å²) in [6.45, 7) is 4.06. The maximum absolute atomic E-state index is 11.8. The maximum Gasteiger partial charge on any atom is 0.237 e. The van der Waals surface area contributed by atoms with Gasteiger partial charge in [0.15, 0.2) is 0 Å². The van der Waals surface area contributed by atoms with Crippen LogP contribution in [-0.2, 0) is 11.2 Å². The lowest BCUT2D eigenvalue weighted by Crippen LogP contribution is -2.44. The van der Waals surface area contributed by atoms with E-state index in [0.717, 1.165) is 30.2 Å². The number of carbonyl (C=O) groups is 1. The number of hydrogen-bond acceptors (Lipinski definition) is 2. The summed E-state index contributed by atoms with van der Waals surface area (Å²) in [7, 11) is 0. The van der Waals surface area contributed by atoms with E-state index in [9.17, 15) is 4.79 Å². The third-order valence-corrected chi connectivity index (χ3v) is 3.63. The van der Waals surface area contributed by atoms with Gasteiger partial charge in [-0.3, -0.25) is 4.79 Å². The number of carbonyl (C=O) groups excluding carboxylic acids is 1. The smallest absolute Gasteiger partial charge is 0.237 e. The zero-order valence-corrected chi connectivity index (χ0v) is 14.5. The second kappa shape index (κ2) is 10.2. The quantitative estimate of drug-likeness (QED) is 0.779. The number of nitrogens with two attached hydrogens (primary N) is 1. The van der Waals surface area contributed by atoms with E-state index >= 15 is 0 Å². The van der Waals surface area contributed by atoms with Gasteiger partial charge in [-0.2, -0.15) is 0 Å². The van der Waals surface area contributed by atoms with Crippen LogP contribution in [0, 0.1) is 0 Å². The van der Waals surface area contributed by atoms with Crippen LogP contribution in [0.2, 0.25) is 0 Å². The zero-order valence-electron chi connectivity index (χ0n) is 12.1. The second-order valence-electron chi connectivity index (χ2n) is 4.97. The number of nitrogens with one attached hydrogen (secondary N) is 1. The van der Waals surface area contributed by atoms with Crippen molar-refractivity contribution in [2.24, 2.45) is 5.73 Å². The normalized spacial score (nSPS) is 13.2. The molecule has 1 rings (SSSR count). The molecule has 0 radical (unpaired) electrons. The van der Waals surface area contributed by atoms with Gasteiger partial charge in [0.2, 0.25) is 5.91 Å². The van der Waals surface area contributed by atoms with Gasteiger partial charge < -0.3 is 11.1 Å². The van der Waals surface area contributed by atoms with Crippen molar-refractivity contribution in [1.29, 1.82) is 0 Å². The number of aryl methyl sites for hydroxylation is 1. The van der Waals surface area contributed by atoms with Crippen LogP contribution in [0.5, 0.6) is 0 Å². The highest BCUT2D eigenvalue weighted by atomic mass is 79.9. The van der Waals surface area contributed by atoms with E-state index in [4.69, 9.17) is 5.73 Å². The number of rotatable bonds is 7. The first kappa shape index (κ1) is 19.4. The Morgan fingerprint density at radius 3 is 2.45 bits per heavy atom. The fourth-order valence-electron chi connectivity index (χ4n) is 1.90. The van der Waals surface area contributed by atoms with Crippen molar-refractivity contribution in [2.45, 2.75) is 51.6 Å². The first-order chi connectivity index (χ1) is 9.02. The number of halogens is 2. The molecule has 20 heavy (non-hydrogen) atoms. The highest BCUT2D eigenvalue weighted by Crippen LogP contribution is 2.12. The average molecular weight is 364 g/mol. The molecule has 3 N–H and O–H groups in total. The molecule has 1 aromatic carbocycles. The predicted octanol–water partition coefficient (Wildman–Crippen LogP) is 3.44. The summed E-state index contributed by atoms with van der Waals surface area (Å²) in [6.07, 6.45) is 3.55. The molecule has 0 aromatic heterocycles. The summed E-state index contributed by atoms with van der Waals surface area (Å²) in [5.74, 6) is -0.0369. The zero-order chi connectivity index (χ0) is 14.3. The molecule has 0 saturated heterocycles. The average Bonchev–Trinajstić information content (AvgIpc) is 2.38. The van der Waals surface area contributed by atoms with E-state index < -0.39 is 0 Å². The van der Waals surface area contributed by atoms with Crippen LogP contribution in [0.25, 0.3) is 0 Å². The highest BCUT2D eigenvalue weighted by molar-refractivity contribution is 9.10. The van der Waals surface area contributed by atoms with Gasteiger partial charge in [-0.15, -0.1) is 12.4 Å². The summed E-state index contributed by atoms with van der Waals surface area (Å²) in [5.41, 5.74) is 7.06. The fraction of sp³-hybridized carbons (Fsp3) is 0.533. The molecule has 114 valence electrons. The Morgan fingerprint density at radius 2 is 1.90 bits per heavy atom. The molecule has 0 saturated carbocycles. The topological polar surface area (TPSA) is 55.1 Å². The lowest BCUT2D eigenvalue weighted by Gasteiger charge is -2.17. The van der Waals surface area contributed by atoms with Crippen molar-refractivity contribution in [3.8, 4) is 0 Å². The summed E-state index contributed by atoms with van der Waals surface area (Å²) in [6, 6.07) is 8.05. The molecule has 2 atom stereocenters. The summed E-state index contributed by atoms with van der Waals surface area (Å²) in [5, 5.41) is 2.97. The van der Waals surface area contributed by atoms with E-state index in [0.29, 0.717) is 0 Å². The predicted molar refractivity (Wildman–Crippen MR) is 90.2 cm³/mol. The summed E-state index contributed by atoms with van der Waals surface area (Å²) < 4.78 is 1.09. The highest BCUT2D eigenvalue weighted by Gasteiger charge is 2.14. The van der Waals surface area contributed by atoms with Crippen molar-refractivity contribution >= 4 is 34.2 Å². The Balaban J connectivity index is 0.00000361. The molecule has 0 aliphatic heterocycles. The second-order valence-corrected chi connectivity index (χ2v) is 5.89. The van der Waals surface area contributed by atoms with Crippen molar-refractivity contribution < 1.29 is 4.79 Å². The summed E-state index contributed by atoms with van der Waals surface area (Å²) in [4.78, 5) is 11.8. The third kappa shape index (κ3) is 7.27. The largest absolute Gasteiger partial charge is 0.352 e. The minimum absolute atomic E-state index is 0. The molecule has 1 aromatic rings. The lowest BCUT2D eigenvalue weighted by molar-refractivity contribution is -0.123.